The number of aromatic hydroxyl groups is 1. The number of carboxylic acids is 1. The molecule has 0 unspecified atom stereocenters. The molecule has 6 rings (SSSR count). The van der Waals surface area contributed by atoms with Gasteiger partial charge in [0.25, 0.3) is 5.91 Å². The van der Waals surface area contributed by atoms with Gasteiger partial charge in [-0.15, -0.1) is 17.5 Å². The van der Waals surface area contributed by atoms with E-state index in [2.05, 4.69) is 31.3 Å². The monoisotopic (exact) mass is 695 g/mol. The third-order valence-electron chi connectivity index (χ3n) is 6.86. The lowest BCUT2D eigenvalue weighted by molar-refractivity contribution is -0.386. The van der Waals surface area contributed by atoms with E-state index < -0.39 is 33.0 Å². The van der Waals surface area contributed by atoms with Gasteiger partial charge in [-0.25, -0.2) is 18.4 Å². The van der Waals surface area contributed by atoms with Crippen LogP contribution >= 0.6 is 12.4 Å². The van der Waals surface area contributed by atoms with Gasteiger partial charge in [-0.1, -0.05) is 17.0 Å². The molecule has 1 amide bonds. The second-order valence-electron chi connectivity index (χ2n) is 9.92. The van der Waals surface area contributed by atoms with E-state index in [1.807, 2.05) is 12.1 Å². The summed E-state index contributed by atoms with van der Waals surface area (Å²) in [6, 6.07) is 14.3. The number of pyridine rings is 2. The molecule has 1 aliphatic heterocycles. The molecule has 19 heteroatoms. The number of benzene rings is 2. The number of nitrogens with zero attached hydrogens (tertiary/aromatic N) is 6. The van der Waals surface area contributed by atoms with Gasteiger partial charge in [0.2, 0.25) is 0 Å². The van der Waals surface area contributed by atoms with Crippen molar-refractivity contribution in [1.29, 1.82) is 0 Å². The van der Waals surface area contributed by atoms with Crippen LogP contribution in [0.2, 0.25) is 0 Å². The van der Waals surface area contributed by atoms with Gasteiger partial charge in [0.05, 0.1) is 11.3 Å². The number of para-hydroxylation sites is 1. The molecule has 1 fully saturated rings. The Morgan fingerprint density at radius 1 is 1.11 bits per heavy atom. The lowest BCUT2D eigenvalue weighted by Gasteiger charge is -2.45. The summed E-state index contributed by atoms with van der Waals surface area (Å²) in [6.07, 6.45) is 2.23. The zero-order chi connectivity index (χ0) is 33.7. The summed E-state index contributed by atoms with van der Waals surface area (Å²) in [5.41, 5.74) is 5.34. The van der Waals surface area contributed by atoms with Crippen LogP contribution in [-0.4, -0.2) is 85.1 Å². The molecular formula is C28H33ClFN8O8S+. The maximum Gasteiger partial charge on any atom is 0.358 e. The van der Waals surface area contributed by atoms with Crippen molar-refractivity contribution < 1.29 is 48.4 Å². The second kappa shape index (κ2) is 14.6. The highest BCUT2D eigenvalue weighted by Crippen LogP contribution is 2.39. The lowest BCUT2D eigenvalue weighted by Crippen LogP contribution is -2.56. The van der Waals surface area contributed by atoms with E-state index in [4.69, 9.17) is 5.21 Å². The molecule has 0 saturated carbocycles. The minimum Gasteiger partial charge on any atom is -0.504 e. The van der Waals surface area contributed by atoms with Gasteiger partial charge in [0, 0.05) is 30.7 Å². The predicted molar refractivity (Wildman–Crippen MR) is 171 cm³/mol. The van der Waals surface area contributed by atoms with Crippen LogP contribution in [0.1, 0.15) is 39.3 Å². The molecule has 0 aliphatic carbocycles. The van der Waals surface area contributed by atoms with Crippen molar-refractivity contribution in [2.24, 2.45) is 0 Å². The SMILES string of the molecule is CNC(=O)c1cc(F)ccc1C[NH3+].Cl.O=C(O)c1nc(N2CCCCS2(=O)(O)O)c2cccnc2c1O.On1nnc2ccccc21. The Morgan fingerprint density at radius 2 is 1.83 bits per heavy atom. The first kappa shape index (κ1) is 36.5. The normalized spacial score (nSPS) is 15.4. The second-order valence-corrected chi connectivity index (χ2v) is 12.7. The van der Waals surface area contributed by atoms with Crippen molar-refractivity contribution in [2.45, 2.75) is 19.4 Å². The molecule has 1 aliphatic rings. The van der Waals surface area contributed by atoms with Gasteiger partial charge in [-0.2, -0.15) is 0 Å². The van der Waals surface area contributed by atoms with Gasteiger partial charge in [-0.3, -0.25) is 23.2 Å². The van der Waals surface area contributed by atoms with E-state index in [-0.39, 0.29) is 47.3 Å². The summed E-state index contributed by atoms with van der Waals surface area (Å²) in [5.74, 6) is -3.37. The highest BCUT2D eigenvalue weighted by molar-refractivity contribution is 8.11. The Kier molecular flexibility index (Phi) is 11.3. The molecule has 0 atom stereocenters. The molecule has 1 saturated heterocycles. The maximum absolute atomic E-state index is 12.8. The molecular weight excluding hydrogens is 663 g/mol. The average Bonchev–Trinajstić information content (AvgIpc) is 3.41. The Labute approximate surface area is 272 Å². The van der Waals surface area contributed by atoms with E-state index in [0.717, 1.165) is 14.7 Å². The number of nitrogens with one attached hydrogen (secondary N) is 1. The molecule has 16 nitrogen and oxygen atoms in total. The molecule has 2 aromatic carbocycles. The predicted octanol–water partition coefficient (Wildman–Crippen LogP) is 2.33. The number of carbonyl (C=O) groups excluding carboxylic acids is 1. The van der Waals surface area contributed by atoms with Crippen LogP contribution in [0.3, 0.4) is 0 Å². The average molecular weight is 696 g/mol. The quantitative estimate of drug-likeness (QED) is 0.134. The first-order chi connectivity index (χ1) is 21.8. The fraction of sp³-hybridized carbons (Fsp3) is 0.214. The number of aromatic nitrogens is 5. The number of aromatic carboxylic acids is 1. The molecule has 0 radical (unpaired) electrons. The highest BCUT2D eigenvalue weighted by atomic mass is 35.5. The number of hydrogen-bond donors (Lipinski definition) is 7. The van der Waals surface area contributed by atoms with Crippen molar-refractivity contribution in [2.75, 3.05) is 23.7 Å². The fourth-order valence-corrected chi connectivity index (χ4v) is 6.51. The summed E-state index contributed by atoms with van der Waals surface area (Å²) >= 11 is 0. The molecule has 0 bridgehead atoms. The smallest absolute Gasteiger partial charge is 0.358 e. The summed E-state index contributed by atoms with van der Waals surface area (Å²) in [4.78, 5) is 31.0. The third-order valence-corrected chi connectivity index (χ3v) is 9.10. The number of amides is 1. The lowest BCUT2D eigenvalue weighted by atomic mass is 10.1. The molecule has 4 heterocycles. The Balaban J connectivity index is 0.000000211. The van der Waals surface area contributed by atoms with Crippen LogP contribution in [0.5, 0.6) is 5.75 Å². The zero-order valence-corrected chi connectivity index (χ0v) is 26.5. The Bertz CT molecular complexity index is 1990. The van der Waals surface area contributed by atoms with E-state index in [0.29, 0.717) is 36.0 Å². The van der Waals surface area contributed by atoms with Gasteiger partial charge < -0.3 is 26.5 Å². The Morgan fingerprint density at radius 3 is 2.47 bits per heavy atom. The van der Waals surface area contributed by atoms with E-state index in [9.17, 15) is 37.5 Å². The maximum atomic E-state index is 12.8. The zero-order valence-electron chi connectivity index (χ0n) is 24.9. The van der Waals surface area contributed by atoms with Gasteiger partial charge >= 0.3 is 5.97 Å². The number of carbonyl (C=O) groups is 2. The summed E-state index contributed by atoms with van der Waals surface area (Å²) in [5, 5.41) is 37.9. The molecule has 47 heavy (non-hydrogen) atoms. The molecule has 0 spiro atoms. The fourth-order valence-electron chi connectivity index (χ4n) is 4.60. The van der Waals surface area contributed by atoms with Crippen LogP contribution in [0.4, 0.5) is 10.2 Å². The van der Waals surface area contributed by atoms with Gasteiger partial charge in [-0.05, 0) is 60.5 Å². The van der Waals surface area contributed by atoms with E-state index in [1.54, 1.807) is 18.2 Å². The number of anilines is 1. The first-order valence-electron chi connectivity index (χ1n) is 13.7. The van der Waals surface area contributed by atoms with Crippen molar-refractivity contribution in [3.8, 4) is 5.75 Å². The first-order valence-corrected chi connectivity index (χ1v) is 15.7. The number of quaternary nitrogens is 1. The molecule has 252 valence electrons. The van der Waals surface area contributed by atoms with E-state index >= 15 is 0 Å². The number of carboxylic acid groups (broad SMARTS) is 1. The summed E-state index contributed by atoms with van der Waals surface area (Å²) < 4.78 is 46.5. The highest BCUT2D eigenvalue weighted by Gasteiger charge is 2.42. The number of hydrogen-bond acceptors (Lipinski definition) is 9. The minimum absolute atomic E-state index is 0. The van der Waals surface area contributed by atoms with Gasteiger partial charge in [0.1, 0.15) is 28.9 Å². The topological polar surface area (TPSA) is 252 Å². The standard InChI is InChI=1S/C13H15N3O6S.C9H11FN2O.C6H5N3O.ClH/c17-11-9-8(4-3-5-14-9)12(15-10(11)13(18)19)16-6-1-2-7-23(16,20,21)22;1-12-9(13)8-4-7(10)3-2-6(8)5-11;10-9-6-4-2-1-3-5(6)7-8-9;/h3-5,17H,1-2,6-7H2,(H,18,19)(H2,20,21,22);2-4H,5,11H2,1H3,(H,12,13);1-4,10H;1H/p+1. The molecule has 5 aromatic rings. The minimum atomic E-state index is -5.14. The van der Waals surface area contributed by atoms with Crippen LogP contribution in [0, 0.1) is 5.82 Å². The van der Waals surface area contributed by atoms with Crippen molar-refractivity contribution in [3.63, 3.8) is 0 Å². The van der Waals surface area contributed by atoms with Crippen molar-refractivity contribution in [3.05, 3.63) is 83.4 Å². The summed E-state index contributed by atoms with van der Waals surface area (Å²) in [7, 11) is -3.63. The number of fused-ring (bicyclic) bond motifs is 2. The largest absolute Gasteiger partial charge is 0.504 e. The molecule has 3 aromatic heterocycles. The van der Waals surface area contributed by atoms with E-state index in [1.165, 1.54) is 37.5 Å². The Hall–Kier alpha value is -5.01. The number of halogens is 2. The van der Waals surface area contributed by atoms with Crippen LogP contribution in [0.25, 0.3) is 21.9 Å². The van der Waals surface area contributed by atoms with Crippen LogP contribution in [-0.2, 0) is 16.4 Å². The third kappa shape index (κ3) is 8.05. The van der Waals surface area contributed by atoms with Crippen molar-refractivity contribution in [1.82, 2.24) is 30.4 Å². The van der Waals surface area contributed by atoms with Crippen LogP contribution in [0.15, 0.2) is 60.8 Å². The number of rotatable bonds is 4. The van der Waals surface area contributed by atoms with Gasteiger partial charge in [0.15, 0.2) is 27.1 Å². The molecule has 9 N–H and O–H groups in total. The summed E-state index contributed by atoms with van der Waals surface area (Å²) in [6.45, 7) is 0.502. The van der Waals surface area contributed by atoms with Crippen LogP contribution < -0.4 is 15.4 Å². The van der Waals surface area contributed by atoms with Crippen molar-refractivity contribution >= 4 is 61.9 Å².